The second kappa shape index (κ2) is 16.3. The molecule has 1 N–H and O–H groups in total. The molecule has 0 aliphatic heterocycles. The Hall–Kier alpha value is -2.53. The van der Waals surface area contributed by atoms with E-state index in [0.29, 0.717) is 17.3 Å². The Bertz CT molecular complexity index is 1030. The molecule has 0 radical (unpaired) electrons. The van der Waals surface area contributed by atoms with E-state index in [-0.39, 0.29) is 12.5 Å². The van der Waals surface area contributed by atoms with E-state index in [1.54, 1.807) is 24.3 Å². The number of carbonyl (C=O) groups is 1. The average Bonchev–Trinajstić information content (AvgIpc) is 3.24. The van der Waals surface area contributed by atoms with Gasteiger partial charge in [-0.15, -0.1) is 0 Å². The van der Waals surface area contributed by atoms with Crippen LogP contribution in [0.15, 0.2) is 48.5 Å². The number of ether oxygens (including phenoxy) is 1. The summed E-state index contributed by atoms with van der Waals surface area (Å²) in [7, 11) is 0. The maximum atomic E-state index is 12.1. The fraction of sp³-hybridized carbons (Fsp3) is 0.533. The number of fused-ring (bicyclic) bond motifs is 1. The molecule has 0 spiro atoms. The Labute approximate surface area is 221 Å². The highest BCUT2D eigenvalue weighted by Gasteiger charge is 2.10. The molecule has 3 aromatic rings. The van der Waals surface area contributed by atoms with Crippen molar-refractivity contribution in [1.29, 1.82) is 0 Å². The Morgan fingerprint density at radius 1 is 0.889 bits per heavy atom. The third-order valence-corrected chi connectivity index (χ3v) is 6.80. The van der Waals surface area contributed by atoms with Crippen LogP contribution in [0.2, 0.25) is 5.02 Å². The molecule has 5 nitrogen and oxygen atoms in total. The minimum atomic E-state index is -0.121. The number of amides is 1. The number of para-hydroxylation sites is 2. The fourth-order valence-corrected chi connectivity index (χ4v) is 4.65. The molecule has 0 bridgehead atoms. The molecule has 3 rings (SSSR count). The minimum Gasteiger partial charge on any atom is -0.484 e. The van der Waals surface area contributed by atoms with Crippen molar-refractivity contribution in [3.05, 3.63) is 59.4 Å². The van der Waals surface area contributed by atoms with Gasteiger partial charge in [-0.05, 0) is 49.2 Å². The lowest BCUT2D eigenvalue weighted by atomic mass is 10.1. The number of hydrogen-bond acceptors (Lipinski definition) is 3. The highest BCUT2D eigenvalue weighted by molar-refractivity contribution is 6.30. The molecule has 0 unspecified atom stereocenters. The average molecular weight is 512 g/mol. The molecule has 0 saturated heterocycles. The summed E-state index contributed by atoms with van der Waals surface area (Å²) in [4.78, 5) is 17.0. The number of aryl methyl sites for hydroxylation is 2. The van der Waals surface area contributed by atoms with Crippen LogP contribution in [0.3, 0.4) is 0 Å². The molecule has 36 heavy (non-hydrogen) atoms. The zero-order chi connectivity index (χ0) is 25.4. The first-order valence-electron chi connectivity index (χ1n) is 13.8. The summed E-state index contributed by atoms with van der Waals surface area (Å²) in [5, 5.41) is 3.59. The highest BCUT2D eigenvalue weighted by atomic mass is 35.5. The van der Waals surface area contributed by atoms with Crippen LogP contribution < -0.4 is 10.1 Å². The smallest absolute Gasteiger partial charge is 0.257 e. The maximum Gasteiger partial charge on any atom is 0.257 e. The van der Waals surface area contributed by atoms with Crippen LogP contribution in [-0.4, -0.2) is 28.6 Å². The molecule has 0 fully saturated rings. The van der Waals surface area contributed by atoms with Crippen LogP contribution >= 0.6 is 11.6 Å². The molecule has 196 valence electrons. The minimum absolute atomic E-state index is 0.00111. The second-order valence-corrected chi connectivity index (χ2v) is 9.98. The predicted molar refractivity (Wildman–Crippen MR) is 150 cm³/mol. The van der Waals surface area contributed by atoms with Crippen molar-refractivity contribution in [3.63, 3.8) is 0 Å². The molecule has 0 atom stereocenters. The van der Waals surface area contributed by atoms with Gasteiger partial charge >= 0.3 is 0 Å². The molecular formula is C30H42ClN3O2. The van der Waals surface area contributed by atoms with E-state index in [9.17, 15) is 4.79 Å². The first-order chi connectivity index (χ1) is 17.7. The lowest BCUT2D eigenvalue weighted by Crippen LogP contribution is -2.30. The Morgan fingerprint density at radius 3 is 2.28 bits per heavy atom. The molecule has 6 heteroatoms. The van der Waals surface area contributed by atoms with Gasteiger partial charge in [0.1, 0.15) is 11.6 Å². The number of carbonyl (C=O) groups excluding carboxylic acids is 1. The largest absolute Gasteiger partial charge is 0.484 e. The molecule has 1 aromatic heterocycles. The van der Waals surface area contributed by atoms with Gasteiger partial charge in [0.15, 0.2) is 6.61 Å². The monoisotopic (exact) mass is 511 g/mol. The van der Waals surface area contributed by atoms with Gasteiger partial charge in [0.05, 0.1) is 11.0 Å². The van der Waals surface area contributed by atoms with E-state index in [1.165, 1.54) is 69.7 Å². The van der Waals surface area contributed by atoms with Crippen LogP contribution in [0.5, 0.6) is 5.75 Å². The van der Waals surface area contributed by atoms with Gasteiger partial charge in [0, 0.05) is 24.5 Å². The number of benzene rings is 2. The summed E-state index contributed by atoms with van der Waals surface area (Å²) >= 11 is 5.88. The van der Waals surface area contributed by atoms with Crippen molar-refractivity contribution in [2.75, 3.05) is 13.2 Å². The summed E-state index contributed by atoms with van der Waals surface area (Å²) in [5.74, 6) is 1.62. The van der Waals surface area contributed by atoms with Gasteiger partial charge in [-0.3, -0.25) is 4.79 Å². The molecule has 0 aliphatic rings. The van der Waals surface area contributed by atoms with Gasteiger partial charge < -0.3 is 14.6 Å². The zero-order valence-corrected chi connectivity index (χ0v) is 22.6. The number of aromatic nitrogens is 2. The molecule has 0 aliphatic carbocycles. The van der Waals surface area contributed by atoms with Gasteiger partial charge in [-0.1, -0.05) is 88.4 Å². The van der Waals surface area contributed by atoms with Crippen molar-refractivity contribution in [2.24, 2.45) is 0 Å². The summed E-state index contributed by atoms with van der Waals surface area (Å²) in [6.45, 7) is 3.88. The van der Waals surface area contributed by atoms with Gasteiger partial charge in [-0.2, -0.15) is 0 Å². The quantitative estimate of drug-likeness (QED) is 0.178. The van der Waals surface area contributed by atoms with E-state index in [1.807, 2.05) is 6.07 Å². The van der Waals surface area contributed by atoms with Crippen molar-refractivity contribution < 1.29 is 9.53 Å². The summed E-state index contributed by atoms with van der Waals surface area (Å²) in [6.07, 6.45) is 15.1. The van der Waals surface area contributed by atoms with Crippen molar-refractivity contribution >= 4 is 28.5 Å². The Morgan fingerprint density at radius 2 is 1.56 bits per heavy atom. The topological polar surface area (TPSA) is 56.2 Å². The number of rotatable bonds is 18. The van der Waals surface area contributed by atoms with Crippen LogP contribution in [0, 0.1) is 0 Å². The van der Waals surface area contributed by atoms with Crippen molar-refractivity contribution in [3.8, 4) is 5.75 Å². The Balaban J connectivity index is 1.37. The number of unbranched alkanes of at least 4 members (excludes halogenated alkanes) is 9. The lowest BCUT2D eigenvalue weighted by molar-refractivity contribution is -0.123. The number of nitrogens with zero attached hydrogens (tertiary/aromatic N) is 2. The SMILES string of the molecule is CCCCCCCCCCCCn1c(CCCNC(=O)COc2ccc(Cl)cc2)nc2ccccc21. The van der Waals surface area contributed by atoms with Gasteiger partial charge in [0.25, 0.3) is 5.91 Å². The summed E-state index contributed by atoms with van der Waals surface area (Å²) < 4.78 is 7.89. The fourth-order valence-electron chi connectivity index (χ4n) is 4.53. The van der Waals surface area contributed by atoms with E-state index >= 15 is 0 Å². The van der Waals surface area contributed by atoms with E-state index in [0.717, 1.165) is 30.7 Å². The second-order valence-electron chi connectivity index (χ2n) is 9.55. The molecule has 0 saturated carbocycles. The Kier molecular flexibility index (Phi) is 12.7. The lowest BCUT2D eigenvalue weighted by Gasteiger charge is -2.10. The van der Waals surface area contributed by atoms with Crippen molar-refractivity contribution in [1.82, 2.24) is 14.9 Å². The summed E-state index contributed by atoms with van der Waals surface area (Å²) in [5.41, 5.74) is 2.27. The van der Waals surface area contributed by atoms with Crippen LogP contribution in [0.4, 0.5) is 0 Å². The van der Waals surface area contributed by atoms with Crippen molar-refractivity contribution in [2.45, 2.75) is 90.5 Å². The highest BCUT2D eigenvalue weighted by Crippen LogP contribution is 2.19. The molecule has 2 aromatic carbocycles. The van der Waals surface area contributed by atoms with Crippen LogP contribution in [0.1, 0.15) is 83.4 Å². The number of halogens is 1. The maximum absolute atomic E-state index is 12.1. The normalized spacial score (nSPS) is 11.2. The first kappa shape index (κ1) is 28.0. The molecular weight excluding hydrogens is 470 g/mol. The van der Waals surface area contributed by atoms with E-state index in [4.69, 9.17) is 21.3 Å². The van der Waals surface area contributed by atoms with Gasteiger partial charge in [0.2, 0.25) is 0 Å². The third kappa shape index (κ3) is 9.85. The van der Waals surface area contributed by atoms with E-state index < -0.39 is 0 Å². The molecule has 1 heterocycles. The molecule has 1 amide bonds. The number of nitrogens with one attached hydrogen (secondary N) is 1. The number of hydrogen-bond donors (Lipinski definition) is 1. The standard InChI is InChI=1S/C30H42ClN3O2/c1-2-3-4-5-6-7-8-9-10-13-23-34-28-16-12-11-15-27(28)33-29(34)17-14-22-32-30(35)24-36-26-20-18-25(31)19-21-26/h11-12,15-16,18-21H,2-10,13-14,17,22-24H2,1H3,(H,32,35). The zero-order valence-electron chi connectivity index (χ0n) is 21.8. The first-order valence-corrected chi connectivity index (χ1v) is 14.1. The third-order valence-electron chi connectivity index (χ3n) is 6.55. The summed E-state index contributed by atoms with van der Waals surface area (Å²) in [6, 6.07) is 15.4. The van der Waals surface area contributed by atoms with Crippen LogP contribution in [-0.2, 0) is 17.8 Å². The van der Waals surface area contributed by atoms with E-state index in [2.05, 4.69) is 35.0 Å². The van der Waals surface area contributed by atoms with Crippen LogP contribution in [0.25, 0.3) is 11.0 Å². The number of imidazole rings is 1. The van der Waals surface area contributed by atoms with Gasteiger partial charge in [-0.25, -0.2) is 4.98 Å². The predicted octanol–water partition coefficient (Wildman–Crippen LogP) is 7.74.